The van der Waals surface area contributed by atoms with Gasteiger partial charge < -0.3 is 5.32 Å². The van der Waals surface area contributed by atoms with Gasteiger partial charge in [0.1, 0.15) is 5.82 Å². The Hall–Kier alpha value is -2.17. The summed E-state index contributed by atoms with van der Waals surface area (Å²) in [4.78, 5) is 14.8. The Kier molecular flexibility index (Phi) is 4.17. The smallest absolute Gasteiger partial charge is 0.270 e. The molecule has 20 heavy (non-hydrogen) atoms. The van der Waals surface area contributed by atoms with Crippen LogP contribution in [0.15, 0.2) is 30.3 Å². The lowest BCUT2D eigenvalue weighted by molar-refractivity contribution is -0.384. The molecule has 0 saturated carbocycles. The quantitative estimate of drug-likeness (QED) is 0.660. The maximum Gasteiger partial charge on any atom is 0.270 e. The third-order valence-electron chi connectivity index (χ3n) is 3.10. The van der Waals surface area contributed by atoms with E-state index in [0.717, 1.165) is 23.1 Å². The first kappa shape index (κ1) is 14.2. The Morgan fingerprint density at radius 2 is 2.00 bits per heavy atom. The van der Waals surface area contributed by atoms with Crippen LogP contribution >= 0.6 is 0 Å². The van der Waals surface area contributed by atoms with Crippen molar-refractivity contribution in [3.8, 4) is 0 Å². The van der Waals surface area contributed by atoms with E-state index in [0.29, 0.717) is 12.0 Å². The van der Waals surface area contributed by atoms with E-state index in [4.69, 9.17) is 0 Å². The van der Waals surface area contributed by atoms with Gasteiger partial charge in [-0.3, -0.25) is 10.1 Å². The number of hydrogen-bond acceptors (Lipinski definition) is 4. The number of fused-ring (bicyclic) bond motifs is 1. The van der Waals surface area contributed by atoms with Crippen molar-refractivity contribution >= 4 is 22.4 Å². The highest BCUT2D eigenvalue weighted by atomic mass is 16.6. The summed E-state index contributed by atoms with van der Waals surface area (Å²) >= 11 is 0. The third-order valence-corrected chi connectivity index (χ3v) is 3.10. The monoisotopic (exact) mass is 273 g/mol. The number of rotatable bonds is 5. The zero-order chi connectivity index (χ0) is 14.7. The van der Waals surface area contributed by atoms with Gasteiger partial charge in [-0.05, 0) is 37.5 Å². The van der Waals surface area contributed by atoms with Gasteiger partial charge in [0.2, 0.25) is 0 Å². The molecule has 0 fully saturated rings. The van der Waals surface area contributed by atoms with Crippen LogP contribution in [0.2, 0.25) is 0 Å². The summed E-state index contributed by atoms with van der Waals surface area (Å²) in [5, 5.41) is 14.9. The van der Waals surface area contributed by atoms with Crippen molar-refractivity contribution in [2.75, 3.05) is 5.32 Å². The molecule has 106 valence electrons. The van der Waals surface area contributed by atoms with E-state index in [1.165, 1.54) is 6.07 Å². The van der Waals surface area contributed by atoms with E-state index in [1.54, 1.807) is 12.1 Å². The van der Waals surface area contributed by atoms with Crippen molar-refractivity contribution in [3.63, 3.8) is 0 Å². The summed E-state index contributed by atoms with van der Waals surface area (Å²) in [5.41, 5.74) is 0.852. The molecule has 0 amide bonds. The van der Waals surface area contributed by atoms with Crippen molar-refractivity contribution in [2.24, 2.45) is 5.92 Å². The van der Waals surface area contributed by atoms with Crippen LogP contribution in [-0.2, 0) is 0 Å². The highest BCUT2D eigenvalue weighted by molar-refractivity contribution is 5.82. The predicted molar refractivity (Wildman–Crippen MR) is 80.9 cm³/mol. The lowest BCUT2D eigenvalue weighted by Gasteiger charge is -2.16. The summed E-state index contributed by atoms with van der Waals surface area (Å²) in [5.74, 6) is 1.43. The second-order valence-electron chi connectivity index (χ2n) is 5.51. The SMILES string of the molecule is CC(C)CC(C)Nc1ccc2cc([N+](=O)[O-])ccc2n1. The molecule has 2 aromatic rings. The number of nitro groups is 1. The molecule has 2 rings (SSSR count). The number of nitrogens with one attached hydrogen (secondary N) is 1. The lowest BCUT2D eigenvalue weighted by Crippen LogP contribution is -2.18. The fraction of sp³-hybridized carbons (Fsp3) is 0.400. The number of aromatic nitrogens is 1. The minimum absolute atomic E-state index is 0.0909. The number of non-ortho nitro benzene ring substituents is 1. The maximum absolute atomic E-state index is 10.7. The average molecular weight is 273 g/mol. The first-order valence-corrected chi connectivity index (χ1v) is 6.77. The fourth-order valence-electron chi connectivity index (χ4n) is 2.33. The zero-order valence-corrected chi connectivity index (χ0v) is 12.0. The molecule has 1 unspecified atom stereocenters. The third kappa shape index (κ3) is 3.44. The number of nitrogens with zero attached hydrogens (tertiary/aromatic N) is 2. The van der Waals surface area contributed by atoms with Crippen molar-refractivity contribution in [3.05, 3.63) is 40.4 Å². The van der Waals surface area contributed by atoms with Gasteiger partial charge in [-0.1, -0.05) is 13.8 Å². The molecule has 0 aliphatic carbocycles. The summed E-state index contributed by atoms with van der Waals surface area (Å²) in [6.45, 7) is 6.50. The number of pyridine rings is 1. The lowest BCUT2D eigenvalue weighted by atomic mass is 10.1. The predicted octanol–water partition coefficient (Wildman–Crippen LogP) is 3.99. The molecule has 0 aliphatic rings. The van der Waals surface area contributed by atoms with Gasteiger partial charge in [0.15, 0.2) is 0 Å². The van der Waals surface area contributed by atoms with E-state index in [9.17, 15) is 10.1 Å². The number of anilines is 1. The Morgan fingerprint density at radius 3 is 2.65 bits per heavy atom. The standard InChI is InChI=1S/C15H19N3O2/c1-10(2)8-11(3)16-15-7-4-12-9-13(18(19)20)5-6-14(12)17-15/h4-7,9-11H,8H2,1-3H3,(H,16,17). The van der Waals surface area contributed by atoms with Gasteiger partial charge >= 0.3 is 0 Å². The number of nitro benzene ring substituents is 1. The van der Waals surface area contributed by atoms with Crippen LogP contribution in [0.4, 0.5) is 11.5 Å². The molecule has 5 nitrogen and oxygen atoms in total. The fourth-order valence-corrected chi connectivity index (χ4v) is 2.33. The number of hydrogen-bond donors (Lipinski definition) is 1. The molecule has 0 saturated heterocycles. The van der Waals surface area contributed by atoms with Crippen molar-refractivity contribution in [1.82, 2.24) is 4.98 Å². The summed E-state index contributed by atoms with van der Waals surface area (Å²) < 4.78 is 0. The molecule has 1 aromatic carbocycles. The van der Waals surface area contributed by atoms with Crippen molar-refractivity contribution in [1.29, 1.82) is 0 Å². The van der Waals surface area contributed by atoms with E-state index in [-0.39, 0.29) is 5.69 Å². The van der Waals surface area contributed by atoms with Crippen LogP contribution in [0.1, 0.15) is 27.2 Å². The Labute approximate surface area is 118 Å². The van der Waals surface area contributed by atoms with Gasteiger partial charge in [0.05, 0.1) is 10.4 Å². The van der Waals surface area contributed by atoms with E-state index in [2.05, 4.69) is 31.1 Å². The topological polar surface area (TPSA) is 68.1 Å². The van der Waals surface area contributed by atoms with E-state index >= 15 is 0 Å². The molecule has 1 N–H and O–H groups in total. The van der Waals surface area contributed by atoms with Crippen LogP contribution in [0.3, 0.4) is 0 Å². The number of benzene rings is 1. The van der Waals surface area contributed by atoms with Gasteiger partial charge in [0.25, 0.3) is 5.69 Å². The first-order chi connectivity index (χ1) is 9.45. The summed E-state index contributed by atoms with van der Waals surface area (Å²) in [6.07, 6.45) is 1.07. The molecule has 0 bridgehead atoms. The normalized spacial score (nSPS) is 12.6. The second-order valence-corrected chi connectivity index (χ2v) is 5.51. The highest BCUT2D eigenvalue weighted by Crippen LogP contribution is 2.21. The van der Waals surface area contributed by atoms with E-state index < -0.39 is 4.92 Å². The van der Waals surface area contributed by atoms with Gasteiger partial charge in [-0.15, -0.1) is 0 Å². The maximum atomic E-state index is 10.7. The molecular weight excluding hydrogens is 254 g/mol. The Bertz CT molecular complexity index is 626. The average Bonchev–Trinajstić information content (AvgIpc) is 2.36. The summed E-state index contributed by atoms with van der Waals surface area (Å²) in [7, 11) is 0. The molecule has 0 aliphatic heterocycles. The van der Waals surface area contributed by atoms with Crippen LogP contribution in [-0.4, -0.2) is 15.9 Å². The van der Waals surface area contributed by atoms with Gasteiger partial charge in [-0.25, -0.2) is 4.98 Å². The van der Waals surface area contributed by atoms with Crippen LogP contribution in [0.25, 0.3) is 10.9 Å². The Balaban J connectivity index is 2.21. The molecular formula is C15H19N3O2. The minimum atomic E-state index is -0.393. The zero-order valence-electron chi connectivity index (χ0n) is 12.0. The largest absolute Gasteiger partial charge is 0.368 e. The minimum Gasteiger partial charge on any atom is -0.368 e. The van der Waals surface area contributed by atoms with Gasteiger partial charge in [-0.2, -0.15) is 0 Å². The Morgan fingerprint density at radius 1 is 1.25 bits per heavy atom. The summed E-state index contributed by atoms with van der Waals surface area (Å²) in [6, 6.07) is 8.78. The van der Waals surface area contributed by atoms with Crippen molar-refractivity contribution in [2.45, 2.75) is 33.2 Å². The molecule has 1 atom stereocenters. The van der Waals surface area contributed by atoms with Crippen LogP contribution in [0, 0.1) is 16.0 Å². The van der Waals surface area contributed by atoms with Crippen LogP contribution in [0.5, 0.6) is 0 Å². The molecule has 5 heteroatoms. The molecule has 0 radical (unpaired) electrons. The van der Waals surface area contributed by atoms with Crippen LogP contribution < -0.4 is 5.32 Å². The first-order valence-electron chi connectivity index (χ1n) is 6.77. The van der Waals surface area contributed by atoms with E-state index in [1.807, 2.05) is 12.1 Å². The molecule has 0 spiro atoms. The highest BCUT2D eigenvalue weighted by Gasteiger charge is 2.09. The van der Waals surface area contributed by atoms with Crippen molar-refractivity contribution < 1.29 is 4.92 Å². The second kappa shape index (κ2) is 5.86. The molecule has 1 heterocycles. The van der Waals surface area contributed by atoms with Gasteiger partial charge in [0, 0.05) is 23.6 Å². The molecule has 1 aromatic heterocycles.